The molecule has 1 fully saturated rings. The van der Waals surface area contributed by atoms with Gasteiger partial charge in [-0.25, -0.2) is 4.79 Å². The summed E-state index contributed by atoms with van der Waals surface area (Å²) < 4.78 is 5.72. The van der Waals surface area contributed by atoms with Gasteiger partial charge in [-0.2, -0.15) is 0 Å². The maximum atomic E-state index is 10.9. The number of aliphatic hydroxyl groups is 2. The van der Waals surface area contributed by atoms with Gasteiger partial charge in [0.1, 0.15) is 4.88 Å². The Morgan fingerprint density at radius 2 is 1.90 bits per heavy atom. The molecule has 0 spiro atoms. The average molecular weight is 457 g/mol. The topological polar surface area (TPSA) is 87.0 Å². The van der Waals surface area contributed by atoms with E-state index in [4.69, 9.17) is 33.0 Å². The van der Waals surface area contributed by atoms with Crippen molar-refractivity contribution in [2.45, 2.75) is 31.7 Å². The third kappa shape index (κ3) is 6.04. The predicted molar refractivity (Wildman–Crippen MR) is 114 cm³/mol. The number of aliphatic hydroxyl groups excluding tert-OH is 2. The summed E-state index contributed by atoms with van der Waals surface area (Å²) in [6, 6.07) is 8.62. The Balaban J connectivity index is 1.57. The van der Waals surface area contributed by atoms with Crippen molar-refractivity contribution in [1.29, 1.82) is 0 Å². The highest BCUT2D eigenvalue weighted by Gasteiger charge is 2.40. The zero-order valence-corrected chi connectivity index (χ0v) is 17.8. The summed E-state index contributed by atoms with van der Waals surface area (Å²) in [4.78, 5) is 12.0. The molecule has 0 aliphatic heterocycles. The molecule has 1 aliphatic rings. The summed E-state index contributed by atoms with van der Waals surface area (Å²) in [5.74, 6) is -1.41. The van der Waals surface area contributed by atoms with E-state index in [-0.39, 0.29) is 29.9 Å². The van der Waals surface area contributed by atoms with Gasteiger partial charge in [0.15, 0.2) is 0 Å². The second-order valence-corrected chi connectivity index (χ2v) is 9.15. The van der Waals surface area contributed by atoms with Gasteiger partial charge in [0, 0.05) is 33.2 Å². The van der Waals surface area contributed by atoms with E-state index >= 15 is 0 Å². The number of hydrogen-bond donors (Lipinski definition) is 3. The molecule has 0 radical (unpaired) electrons. The molecule has 156 valence electrons. The summed E-state index contributed by atoms with van der Waals surface area (Å²) in [6.07, 6.45) is 3.47. The Hall–Kier alpha value is -1.41. The number of halogens is 2. The molecule has 2 aromatic rings. The van der Waals surface area contributed by atoms with E-state index in [1.807, 2.05) is 24.3 Å². The first-order valence-electron chi connectivity index (χ1n) is 9.21. The van der Waals surface area contributed by atoms with E-state index in [9.17, 15) is 15.0 Å². The van der Waals surface area contributed by atoms with E-state index in [2.05, 4.69) is 0 Å². The molecular formula is C21H22Cl2O5S. The maximum absolute atomic E-state index is 10.9. The molecular weight excluding hydrogens is 435 g/mol. The smallest absolute Gasteiger partial charge is 0.345 e. The molecule has 0 unspecified atom stereocenters. The van der Waals surface area contributed by atoms with Crippen molar-refractivity contribution in [3.05, 3.63) is 67.8 Å². The lowest BCUT2D eigenvalue weighted by Crippen LogP contribution is -2.25. The molecule has 8 heteroatoms. The van der Waals surface area contributed by atoms with Crippen molar-refractivity contribution in [2.24, 2.45) is 11.8 Å². The monoisotopic (exact) mass is 456 g/mol. The molecule has 1 aromatic heterocycles. The summed E-state index contributed by atoms with van der Waals surface area (Å²) in [5.41, 5.74) is 0.964. The lowest BCUT2D eigenvalue weighted by atomic mass is 9.93. The highest BCUT2D eigenvalue weighted by atomic mass is 35.5. The molecule has 5 nitrogen and oxygen atoms in total. The van der Waals surface area contributed by atoms with Gasteiger partial charge in [-0.15, -0.1) is 11.3 Å². The zero-order valence-electron chi connectivity index (χ0n) is 15.5. The van der Waals surface area contributed by atoms with E-state index in [1.54, 1.807) is 18.2 Å². The fourth-order valence-corrected chi connectivity index (χ4v) is 4.93. The first-order valence-corrected chi connectivity index (χ1v) is 10.8. The lowest BCUT2D eigenvalue weighted by molar-refractivity contribution is 0.0267. The van der Waals surface area contributed by atoms with E-state index in [1.165, 1.54) is 11.3 Å². The SMILES string of the molecule is O=C(O)c1ccc(COC[C@@H]2[C@@H](/C=C\Cc3cc(Cl)cc(Cl)c3)[C@H](O)C[C@H]2O)s1. The highest BCUT2D eigenvalue weighted by Crippen LogP contribution is 2.34. The Bertz CT molecular complexity index is 861. The Kier molecular flexibility index (Phi) is 7.73. The van der Waals surface area contributed by atoms with Crippen LogP contribution in [0.15, 0.2) is 42.5 Å². The molecule has 1 heterocycles. The fraction of sp³-hybridized carbons (Fsp3) is 0.381. The van der Waals surface area contributed by atoms with Crippen LogP contribution in [0, 0.1) is 11.8 Å². The molecule has 1 aliphatic carbocycles. The minimum Gasteiger partial charge on any atom is -0.477 e. The van der Waals surface area contributed by atoms with Crippen LogP contribution in [0.25, 0.3) is 0 Å². The third-order valence-corrected chi connectivity index (χ3v) is 6.46. The van der Waals surface area contributed by atoms with Gasteiger partial charge in [-0.3, -0.25) is 0 Å². The number of carboxylic acid groups (broad SMARTS) is 1. The summed E-state index contributed by atoms with van der Waals surface area (Å²) in [5, 5.41) is 30.8. The van der Waals surface area contributed by atoms with Crippen LogP contribution in [-0.4, -0.2) is 40.1 Å². The molecule has 3 N–H and O–H groups in total. The Morgan fingerprint density at radius 1 is 1.17 bits per heavy atom. The van der Waals surface area contributed by atoms with Gasteiger partial charge in [-0.1, -0.05) is 35.4 Å². The van der Waals surface area contributed by atoms with Crippen molar-refractivity contribution in [2.75, 3.05) is 6.61 Å². The minimum atomic E-state index is -0.957. The van der Waals surface area contributed by atoms with Crippen LogP contribution in [0.4, 0.5) is 0 Å². The number of allylic oxidation sites excluding steroid dienone is 1. The summed E-state index contributed by atoms with van der Waals surface area (Å²) >= 11 is 13.2. The number of carboxylic acids is 1. The molecule has 1 saturated carbocycles. The second kappa shape index (κ2) is 10.1. The summed E-state index contributed by atoms with van der Waals surface area (Å²) in [7, 11) is 0. The third-order valence-electron chi connectivity index (χ3n) is 4.98. The van der Waals surface area contributed by atoms with Gasteiger partial charge in [0.05, 0.1) is 25.4 Å². The van der Waals surface area contributed by atoms with Gasteiger partial charge >= 0.3 is 5.97 Å². The van der Waals surface area contributed by atoms with Gasteiger partial charge in [0.2, 0.25) is 0 Å². The van der Waals surface area contributed by atoms with Gasteiger partial charge < -0.3 is 20.1 Å². The number of rotatable bonds is 8. The minimum absolute atomic E-state index is 0.224. The number of ether oxygens (including phenoxy) is 1. The average Bonchev–Trinajstić information content (AvgIpc) is 3.20. The van der Waals surface area contributed by atoms with Crippen LogP contribution in [0.5, 0.6) is 0 Å². The van der Waals surface area contributed by atoms with Crippen LogP contribution < -0.4 is 0 Å². The second-order valence-electron chi connectivity index (χ2n) is 7.11. The fourth-order valence-electron chi connectivity index (χ4n) is 3.57. The standard InChI is InChI=1S/C21H22Cl2O5S/c22-13-6-12(7-14(23)8-13)2-1-3-16-17(19(25)9-18(16)24)11-28-10-15-4-5-20(29-15)21(26)27/h1,3-8,16-19,24-25H,2,9-11H2,(H,26,27)/b3-1-/t16-,17-,18-,19-/m1/s1. The van der Waals surface area contributed by atoms with Crippen LogP contribution >= 0.6 is 34.5 Å². The zero-order chi connectivity index (χ0) is 21.0. The van der Waals surface area contributed by atoms with Gasteiger partial charge in [-0.05, 0) is 42.3 Å². The van der Waals surface area contributed by atoms with Crippen LogP contribution in [0.3, 0.4) is 0 Å². The molecule has 1 aromatic carbocycles. The van der Waals surface area contributed by atoms with Crippen molar-refractivity contribution in [3.8, 4) is 0 Å². The lowest BCUT2D eigenvalue weighted by Gasteiger charge is -2.20. The predicted octanol–water partition coefficient (Wildman–Crippen LogP) is 4.43. The van der Waals surface area contributed by atoms with Crippen molar-refractivity contribution in [3.63, 3.8) is 0 Å². The molecule has 29 heavy (non-hydrogen) atoms. The van der Waals surface area contributed by atoms with Crippen molar-refractivity contribution < 1.29 is 24.9 Å². The Morgan fingerprint density at radius 3 is 2.55 bits per heavy atom. The first-order chi connectivity index (χ1) is 13.8. The van der Waals surface area contributed by atoms with Crippen LogP contribution in [-0.2, 0) is 17.8 Å². The molecule has 0 saturated heterocycles. The number of thiophene rings is 1. The highest BCUT2D eigenvalue weighted by molar-refractivity contribution is 7.13. The number of hydrogen-bond acceptors (Lipinski definition) is 5. The Labute approximate surface area is 183 Å². The molecule has 0 amide bonds. The van der Waals surface area contributed by atoms with Crippen molar-refractivity contribution >= 4 is 40.5 Å². The summed E-state index contributed by atoms with van der Waals surface area (Å²) in [6.45, 7) is 0.547. The largest absolute Gasteiger partial charge is 0.477 e. The van der Waals surface area contributed by atoms with E-state index < -0.39 is 18.2 Å². The van der Waals surface area contributed by atoms with E-state index in [0.717, 1.165) is 10.4 Å². The number of aromatic carboxylic acids is 1. The number of benzene rings is 1. The molecule has 3 rings (SSSR count). The molecule has 4 atom stereocenters. The molecule has 0 bridgehead atoms. The maximum Gasteiger partial charge on any atom is 0.345 e. The first kappa shape index (κ1) is 22.3. The normalized spacial score (nSPS) is 24.4. The quantitative estimate of drug-likeness (QED) is 0.511. The van der Waals surface area contributed by atoms with Crippen LogP contribution in [0.2, 0.25) is 10.0 Å². The van der Waals surface area contributed by atoms with Crippen LogP contribution in [0.1, 0.15) is 26.5 Å². The number of carbonyl (C=O) groups is 1. The van der Waals surface area contributed by atoms with Crippen molar-refractivity contribution in [1.82, 2.24) is 0 Å². The van der Waals surface area contributed by atoms with Gasteiger partial charge in [0.25, 0.3) is 0 Å². The van der Waals surface area contributed by atoms with E-state index in [0.29, 0.717) is 22.9 Å².